The second kappa shape index (κ2) is 10.7. The Hall–Kier alpha value is -2.83. The maximum atomic E-state index is 12.9. The Morgan fingerprint density at radius 1 is 0.938 bits per heavy atom. The van der Waals surface area contributed by atoms with Gasteiger partial charge in [-0.3, -0.25) is 10.1 Å². The number of alkyl halides is 3. The zero-order valence-electron chi connectivity index (χ0n) is 17.5. The molecule has 0 radical (unpaired) electrons. The number of likely N-dealkylation sites (N-methyl/N-ethyl adjacent to an activating group) is 1. The predicted octanol–water partition coefficient (Wildman–Crippen LogP) is 6.11. The highest BCUT2D eigenvalue weighted by Crippen LogP contribution is 2.31. The zero-order valence-corrected chi connectivity index (χ0v) is 18.3. The molecule has 3 aromatic carbocycles. The van der Waals surface area contributed by atoms with Crippen LogP contribution in [-0.4, -0.2) is 13.0 Å². The second-order valence-electron chi connectivity index (χ2n) is 7.43. The summed E-state index contributed by atoms with van der Waals surface area (Å²) in [5.74, 6) is -0.192. The third-order valence-electron chi connectivity index (χ3n) is 5.29. The molecule has 3 rings (SSSR count). The topological polar surface area (TPSA) is 41.1 Å². The minimum absolute atomic E-state index is 0.192. The summed E-state index contributed by atoms with van der Waals surface area (Å²) in [5.41, 5.74) is 1.73. The molecular weight excluding hydrogens is 437 g/mol. The van der Waals surface area contributed by atoms with E-state index in [0.29, 0.717) is 17.9 Å². The van der Waals surface area contributed by atoms with E-state index in [1.807, 2.05) is 48.5 Å². The van der Waals surface area contributed by atoms with Gasteiger partial charge in [-0.1, -0.05) is 72.3 Å². The molecule has 3 nitrogen and oxygen atoms in total. The van der Waals surface area contributed by atoms with Gasteiger partial charge in [0.2, 0.25) is 5.91 Å². The fraction of sp³-hybridized carbons (Fsp3) is 0.240. The summed E-state index contributed by atoms with van der Waals surface area (Å²) in [4.78, 5) is 12.7. The Morgan fingerprint density at radius 3 is 2.16 bits per heavy atom. The molecule has 168 valence electrons. The van der Waals surface area contributed by atoms with Gasteiger partial charge in [-0.15, -0.1) is 0 Å². The molecule has 0 saturated heterocycles. The molecule has 1 amide bonds. The van der Waals surface area contributed by atoms with Crippen molar-refractivity contribution in [2.45, 2.75) is 31.1 Å². The summed E-state index contributed by atoms with van der Waals surface area (Å²) in [7, 11) is 1.58. The van der Waals surface area contributed by atoms with E-state index in [-0.39, 0.29) is 11.9 Å². The largest absolute Gasteiger partial charge is 0.416 e. The Morgan fingerprint density at radius 2 is 1.56 bits per heavy atom. The Balaban J connectivity index is 1.85. The van der Waals surface area contributed by atoms with Crippen molar-refractivity contribution in [1.82, 2.24) is 10.6 Å². The van der Waals surface area contributed by atoms with E-state index in [2.05, 4.69) is 10.6 Å². The SMILES string of the molecule is CNC(=O)[C@@H](N[C@H](CCc1ccc(C(F)(F)F)cc1)c1ccccc1Cl)c1ccccc1. The average molecular weight is 461 g/mol. The highest BCUT2D eigenvalue weighted by Gasteiger charge is 2.30. The summed E-state index contributed by atoms with van der Waals surface area (Å²) in [6.45, 7) is 0. The number of rotatable bonds is 8. The molecule has 0 aliphatic carbocycles. The van der Waals surface area contributed by atoms with Crippen molar-refractivity contribution in [3.8, 4) is 0 Å². The number of carbonyl (C=O) groups is 1. The maximum Gasteiger partial charge on any atom is 0.416 e. The first kappa shape index (κ1) is 23.8. The quantitative estimate of drug-likeness (QED) is 0.426. The standard InChI is InChI=1S/C25H24ClF3N2O/c1-30-24(32)23(18-7-3-2-4-8-18)31-22(20-9-5-6-10-21(20)26)16-13-17-11-14-19(15-12-17)25(27,28)29/h2-12,14-15,22-23,31H,13,16H2,1H3,(H,30,32)/t22-,23+/m1/s1. The lowest BCUT2D eigenvalue weighted by molar-refractivity contribution is -0.137. The maximum absolute atomic E-state index is 12.9. The van der Waals surface area contributed by atoms with Crippen LogP contribution in [0.3, 0.4) is 0 Å². The summed E-state index contributed by atoms with van der Waals surface area (Å²) in [5, 5.41) is 6.65. The minimum atomic E-state index is -4.36. The lowest BCUT2D eigenvalue weighted by Gasteiger charge is -2.26. The van der Waals surface area contributed by atoms with Gasteiger partial charge in [0.05, 0.1) is 5.56 Å². The molecule has 2 N–H and O–H groups in total. The predicted molar refractivity (Wildman–Crippen MR) is 120 cm³/mol. The molecule has 0 bridgehead atoms. The average Bonchev–Trinajstić information content (AvgIpc) is 2.79. The smallest absolute Gasteiger partial charge is 0.358 e. The molecule has 0 aliphatic heterocycles. The molecule has 3 aromatic rings. The molecule has 0 fully saturated rings. The van der Waals surface area contributed by atoms with E-state index in [4.69, 9.17) is 11.6 Å². The van der Waals surface area contributed by atoms with Crippen LogP contribution in [-0.2, 0) is 17.4 Å². The van der Waals surface area contributed by atoms with Crippen LogP contribution in [0.5, 0.6) is 0 Å². The summed E-state index contributed by atoms with van der Waals surface area (Å²) in [6.07, 6.45) is -3.32. The molecule has 0 aliphatic rings. The highest BCUT2D eigenvalue weighted by molar-refractivity contribution is 6.31. The number of hydrogen-bond acceptors (Lipinski definition) is 2. The van der Waals surface area contributed by atoms with E-state index in [9.17, 15) is 18.0 Å². The van der Waals surface area contributed by atoms with E-state index >= 15 is 0 Å². The summed E-state index contributed by atoms with van der Waals surface area (Å²) in [6, 6.07) is 20.9. The van der Waals surface area contributed by atoms with E-state index in [1.165, 1.54) is 12.1 Å². The zero-order chi connectivity index (χ0) is 23.1. The highest BCUT2D eigenvalue weighted by atomic mass is 35.5. The number of carbonyl (C=O) groups excluding carboxylic acids is 1. The third-order valence-corrected chi connectivity index (χ3v) is 5.64. The van der Waals surface area contributed by atoms with Crippen molar-refractivity contribution in [2.24, 2.45) is 0 Å². The van der Waals surface area contributed by atoms with Crippen molar-refractivity contribution in [2.75, 3.05) is 7.05 Å². The van der Waals surface area contributed by atoms with Gasteiger partial charge in [-0.25, -0.2) is 0 Å². The first-order valence-corrected chi connectivity index (χ1v) is 10.6. The molecular formula is C25H24ClF3N2O. The van der Waals surface area contributed by atoms with Crippen LogP contribution in [0.15, 0.2) is 78.9 Å². The van der Waals surface area contributed by atoms with Crippen molar-refractivity contribution in [3.05, 3.63) is 106 Å². The Labute approximate surface area is 190 Å². The number of halogens is 4. The van der Waals surface area contributed by atoms with E-state index < -0.39 is 17.8 Å². The van der Waals surface area contributed by atoms with Gasteiger partial charge in [-0.05, 0) is 47.7 Å². The molecule has 0 aromatic heterocycles. The Kier molecular flexibility index (Phi) is 7.94. The first-order chi connectivity index (χ1) is 15.3. The van der Waals surface area contributed by atoms with Crippen LogP contribution in [0, 0.1) is 0 Å². The third kappa shape index (κ3) is 6.11. The molecule has 0 spiro atoms. The van der Waals surface area contributed by atoms with Gasteiger partial charge in [0.25, 0.3) is 0 Å². The summed E-state index contributed by atoms with van der Waals surface area (Å²) < 4.78 is 38.6. The van der Waals surface area contributed by atoms with Crippen LogP contribution in [0.25, 0.3) is 0 Å². The second-order valence-corrected chi connectivity index (χ2v) is 7.84. The first-order valence-electron chi connectivity index (χ1n) is 10.2. The van der Waals surface area contributed by atoms with Gasteiger partial charge in [0, 0.05) is 18.1 Å². The lowest BCUT2D eigenvalue weighted by Crippen LogP contribution is -2.38. The molecule has 0 unspecified atom stereocenters. The number of nitrogens with one attached hydrogen (secondary N) is 2. The van der Waals surface area contributed by atoms with Gasteiger partial charge in [-0.2, -0.15) is 13.2 Å². The minimum Gasteiger partial charge on any atom is -0.358 e. The van der Waals surface area contributed by atoms with E-state index in [0.717, 1.165) is 28.8 Å². The fourth-order valence-electron chi connectivity index (χ4n) is 3.57. The van der Waals surface area contributed by atoms with Crippen LogP contribution in [0.4, 0.5) is 13.2 Å². The molecule has 32 heavy (non-hydrogen) atoms. The van der Waals surface area contributed by atoms with Crippen molar-refractivity contribution in [1.29, 1.82) is 0 Å². The normalized spacial score (nSPS) is 13.4. The number of amides is 1. The number of hydrogen-bond donors (Lipinski definition) is 2. The van der Waals surface area contributed by atoms with Crippen LogP contribution in [0.2, 0.25) is 5.02 Å². The lowest BCUT2D eigenvalue weighted by atomic mass is 9.96. The van der Waals surface area contributed by atoms with Gasteiger partial charge in [0.15, 0.2) is 0 Å². The molecule has 7 heteroatoms. The molecule has 0 saturated carbocycles. The fourth-order valence-corrected chi connectivity index (χ4v) is 3.84. The molecule has 0 heterocycles. The number of aryl methyl sites for hydroxylation is 1. The molecule has 2 atom stereocenters. The van der Waals surface area contributed by atoms with Crippen molar-refractivity contribution >= 4 is 17.5 Å². The van der Waals surface area contributed by atoms with Crippen molar-refractivity contribution < 1.29 is 18.0 Å². The van der Waals surface area contributed by atoms with Crippen LogP contribution < -0.4 is 10.6 Å². The van der Waals surface area contributed by atoms with Crippen LogP contribution in [0.1, 0.15) is 40.8 Å². The monoisotopic (exact) mass is 460 g/mol. The van der Waals surface area contributed by atoms with E-state index in [1.54, 1.807) is 13.1 Å². The van der Waals surface area contributed by atoms with Gasteiger partial charge in [0.1, 0.15) is 6.04 Å². The number of benzene rings is 3. The summed E-state index contributed by atoms with van der Waals surface area (Å²) >= 11 is 6.45. The Bertz CT molecular complexity index is 1020. The van der Waals surface area contributed by atoms with Gasteiger partial charge < -0.3 is 5.32 Å². The van der Waals surface area contributed by atoms with Crippen LogP contribution >= 0.6 is 11.6 Å². The van der Waals surface area contributed by atoms with Crippen molar-refractivity contribution in [3.63, 3.8) is 0 Å². The van der Waals surface area contributed by atoms with Gasteiger partial charge >= 0.3 is 6.18 Å².